The molecule has 3 nitrogen and oxygen atoms in total. The monoisotopic (exact) mass is 338 g/mol. The van der Waals surface area contributed by atoms with E-state index in [1.807, 2.05) is 6.92 Å². The molecular weight excluding hydrogens is 317 g/mol. The molecule has 0 bridgehead atoms. The van der Waals surface area contributed by atoms with Gasteiger partial charge in [0.1, 0.15) is 0 Å². The molecule has 0 heterocycles. The summed E-state index contributed by atoms with van der Waals surface area (Å²) in [5.41, 5.74) is 5.29. The number of hydrogen-bond acceptors (Lipinski definition) is 2. The van der Waals surface area contributed by atoms with E-state index in [2.05, 4.69) is 5.32 Å². The Morgan fingerprint density at radius 3 is 2.64 bits per heavy atom. The van der Waals surface area contributed by atoms with Crippen LogP contribution >= 0.6 is 12.4 Å². The van der Waals surface area contributed by atoms with Crippen LogP contribution in [0.15, 0.2) is 24.3 Å². The Labute approximate surface area is 134 Å². The molecule has 0 saturated carbocycles. The zero-order valence-corrected chi connectivity index (χ0v) is 13.3. The van der Waals surface area contributed by atoms with Gasteiger partial charge in [-0.05, 0) is 36.9 Å². The first kappa shape index (κ1) is 20.7. The molecule has 1 aromatic rings. The van der Waals surface area contributed by atoms with E-state index in [4.69, 9.17) is 5.73 Å². The van der Waals surface area contributed by atoms with Crippen LogP contribution in [-0.2, 0) is 11.0 Å². The van der Waals surface area contributed by atoms with E-state index >= 15 is 0 Å². The van der Waals surface area contributed by atoms with Gasteiger partial charge in [-0.2, -0.15) is 13.2 Å². The molecule has 126 valence electrons. The van der Waals surface area contributed by atoms with Crippen LogP contribution in [0.4, 0.5) is 13.2 Å². The Bertz CT molecular complexity index is 466. The number of nitrogens with one attached hydrogen (secondary N) is 1. The maximum Gasteiger partial charge on any atom is 0.416 e. The van der Waals surface area contributed by atoms with Crippen LogP contribution in [0.2, 0.25) is 0 Å². The second-order valence-electron chi connectivity index (χ2n) is 5.06. The zero-order chi connectivity index (χ0) is 15.9. The van der Waals surface area contributed by atoms with Crippen molar-refractivity contribution in [2.45, 2.75) is 38.3 Å². The van der Waals surface area contributed by atoms with Gasteiger partial charge in [0.15, 0.2) is 0 Å². The summed E-state index contributed by atoms with van der Waals surface area (Å²) in [6.07, 6.45) is -2.72. The van der Waals surface area contributed by atoms with Crippen molar-refractivity contribution in [1.29, 1.82) is 0 Å². The zero-order valence-electron chi connectivity index (χ0n) is 12.5. The Hall–Kier alpha value is -1.27. The smallest absolute Gasteiger partial charge is 0.356 e. The third kappa shape index (κ3) is 7.13. The fraction of sp³-hybridized carbons (Fsp3) is 0.533. The molecule has 0 aliphatic carbocycles. The molecular formula is C15H22ClF3N2O. The van der Waals surface area contributed by atoms with E-state index in [9.17, 15) is 18.0 Å². The quantitative estimate of drug-likeness (QED) is 0.799. The van der Waals surface area contributed by atoms with Gasteiger partial charge in [0, 0.05) is 13.0 Å². The molecule has 1 unspecified atom stereocenters. The third-order valence-electron chi connectivity index (χ3n) is 3.29. The fourth-order valence-corrected chi connectivity index (χ4v) is 1.97. The van der Waals surface area contributed by atoms with Gasteiger partial charge in [-0.15, -0.1) is 12.4 Å². The lowest BCUT2D eigenvalue weighted by Crippen LogP contribution is -2.25. The summed E-state index contributed by atoms with van der Waals surface area (Å²) in [6, 6.07) is 5.32. The highest BCUT2D eigenvalue weighted by molar-refractivity contribution is 5.85. The number of amides is 1. The van der Waals surface area contributed by atoms with Crippen LogP contribution in [0.3, 0.4) is 0 Å². The fourth-order valence-electron chi connectivity index (χ4n) is 1.97. The van der Waals surface area contributed by atoms with Crippen molar-refractivity contribution in [3.8, 4) is 0 Å². The van der Waals surface area contributed by atoms with Gasteiger partial charge in [-0.25, -0.2) is 0 Å². The van der Waals surface area contributed by atoms with Crippen LogP contribution in [0.5, 0.6) is 0 Å². The first-order chi connectivity index (χ1) is 9.84. The van der Waals surface area contributed by atoms with Crippen molar-refractivity contribution in [2.75, 3.05) is 13.1 Å². The molecule has 0 aliphatic rings. The summed E-state index contributed by atoms with van der Waals surface area (Å²) < 4.78 is 37.9. The van der Waals surface area contributed by atoms with Gasteiger partial charge < -0.3 is 11.1 Å². The molecule has 7 heteroatoms. The lowest BCUT2D eigenvalue weighted by molar-refractivity contribution is -0.137. The van der Waals surface area contributed by atoms with Crippen LogP contribution in [-0.4, -0.2) is 19.0 Å². The van der Waals surface area contributed by atoms with Crippen LogP contribution < -0.4 is 11.1 Å². The van der Waals surface area contributed by atoms with Crippen LogP contribution in [0.25, 0.3) is 0 Å². The Morgan fingerprint density at radius 1 is 1.36 bits per heavy atom. The SMILES string of the molecule is CC(CCNC(=O)CCCN)c1cccc(C(F)(F)F)c1.Cl. The molecule has 0 spiro atoms. The maximum atomic E-state index is 12.6. The highest BCUT2D eigenvalue weighted by Gasteiger charge is 2.30. The Morgan fingerprint density at radius 2 is 2.05 bits per heavy atom. The van der Waals surface area contributed by atoms with Crippen molar-refractivity contribution < 1.29 is 18.0 Å². The summed E-state index contributed by atoms with van der Waals surface area (Å²) in [4.78, 5) is 11.4. The summed E-state index contributed by atoms with van der Waals surface area (Å²) in [7, 11) is 0. The standard InChI is InChI=1S/C15H21F3N2O.ClH/c1-11(7-9-20-14(21)6-3-8-19)12-4-2-5-13(10-12)15(16,17)18;/h2,4-5,10-11H,3,6-9,19H2,1H3,(H,20,21);1H. The highest BCUT2D eigenvalue weighted by atomic mass is 35.5. The predicted octanol–water partition coefficient (Wildman–Crippen LogP) is 3.48. The number of hydrogen-bond donors (Lipinski definition) is 2. The molecule has 0 radical (unpaired) electrons. The van der Waals surface area contributed by atoms with E-state index in [-0.39, 0.29) is 24.2 Å². The second kappa shape index (κ2) is 9.69. The van der Waals surface area contributed by atoms with E-state index in [0.29, 0.717) is 37.9 Å². The number of carbonyl (C=O) groups excluding carboxylic acids is 1. The van der Waals surface area contributed by atoms with Gasteiger partial charge in [0.05, 0.1) is 5.56 Å². The first-order valence-electron chi connectivity index (χ1n) is 6.98. The first-order valence-corrected chi connectivity index (χ1v) is 6.98. The normalized spacial score (nSPS) is 12.4. The molecule has 0 aliphatic heterocycles. The average molecular weight is 339 g/mol. The Kier molecular flexibility index (Phi) is 9.13. The molecule has 0 aromatic heterocycles. The number of carbonyl (C=O) groups is 1. The lowest BCUT2D eigenvalue weighted by Gasteiger charge is -2.15. The van der Waals surface area contributed by atoms with Gasteiger partial charge in [0.25, 0.3) is 0 Å². The van der Waals surface area contributed by atoms with E-state index < -0.39 is 11.7 Å². The number of alkyl halides is 3. The van der Waals surface area contributed by atoms with Gasteiger partial charge in [-0.1, -0.05) is 25.1 Å². The molecule has 1 aromatic carbocycles. The number of benzene rings is 1. The highest BCUT2D eigenvalue weighted by Crippen LogP contribution is 2.31. The van der Waals surface area contributed by atoms with Crippen LogP contribution in [0.1, 0.15) is 43.2 Å². The summed E-state index contributed by atoms with van der Waals surface area (Å²) in [6.45, 7) is 2.76. The minimum Gasteiger partial charge on any atom is -0.356 e. The molecule has 0 fully saturated rings. The second-order valence-corrected chi connectivity index (χ2v) is 5.06. The van der Waals surface area contributed by atoms with Gasteiger partial charge in [0.2, 0.25) is 5.91 Å². The van der Waals surface area contributed by atoms with E-state index in [0.717, 1.165) is 6.07 Å². The molecule has 1 rings (SSSR count). The minimum absolute atomic E-state index is 0. The topological polar surface area (TPSA) is 55.1 Å². The van der Waals surface area contributed by atoms with Crippen molar-refractivity contribution in [1.82, 2.24) is 5.32 Å². The number of halogens is 4. The van der Waals surface area contributed by atoms with Crippen molar-refractivity contribution in [3.63, 3.8) is 0 Å². The molecule has 1 amide bonds. The largest absolute Gasteiger partial charge is 0.416 e. The molecule has 3 N–H and O–H groups in total. The lowest BCUT2D eigenvalue weighted by atomic mass is 9.96. The summed E-state index contributed by atoms with van der Waals surface area (Å²) in [5.74, 6) is -0.126. The predicted molar refractivity (Wildman–Crippen MR) is 83.0 cm³/mol. The molecule has 22 heavy (non-hydrogen) atoms. The summed E-state index contributed by atoms with van der Waals surface area (Å²) >= 11 is 0. The number of nitrogens with two attached hydrogens (primary N) is 1. The molecule has 1 atom stereocenters. The maximum absolute atomic E-state index is 12.6. The van der Waals surface area contributed by atoms with Crippen molar-refractivity contribution in [2.24, 2.45) is 5.73 Å². The van der Waals surface area contributed by atoms with Crippen molar-refractivity contribution >= 4 is 18.3 Å². The number of rotatable bonds is 7. The summed E-state index contributed by atoms with van der Waals surface area (Å²) in [5, 5.41) is 2.75. The minimum atomic E-state index is -4.33. The Balaban J connectivity index is 0.00000441. The van der Waals surface area contributed by atoms with Gasteiger partial charge in [-0.3, -0.25) is 4.79 Å². The molecule has 0 saturated heterocycles. The third-order valence-corrected chi connectivity index (χ3v) is 3.29. The average Bonchev–Trinajstić information content (AvgIpc) is 2.44. The van der Waals surface area contributed by atoms with Crippen molar-refractivity contribution in [3.05, 3.63) is 35.4 Å². The van der Waals surface area contributed by atoms with E-state index in [1.165, 1.54) is 12.1 Å². The van der Waals surface area contributed by atoms with Gasteiger partial charge >= 0.3 is 6.18 Å². The van der Waals surface area contributed by atoms with E-state index in [1.54, 1.807) is 6.07 Å². The van der Waals surface area contributed by atoms with Crippen LogP contribution in [0, 0.1) is 0 Å².